The number of nitrogens with zero attached hydrogens (tertiary/aromatic N) is 5. The molecule has 4 rings (SSSR count). The van der Waals surface area contributed by atoms with E-state index < -0.39 is 11.7 Å². The number of halogens is 1. The van der Waals surface area contributed by atoms with Gasteiger partial charge < -0.3 is 5.32 Å². The second-order valence-corrected chi connectivity index (χ2v) is 6.22. The maximum atomic E-state index is 13.9. The van der Waals surface area contributed by atoms with Crippen molar-refractivity contribution in [2.75, 3.05) is 5.32 Å². The molecular formula is C16H11FN6OS. The van der Waals surface area contributed by atoms with Crippen molar-refractivity contribution in [3.05, 3.63) is 60.1 Å². The first kappa shape index (κ1) is 15.3. The molecule has 9 heteroatoms. The molecule has 1 N–H and O–H groups in total. The van der Waals surface area contributed by atoms with E-state index in [-0.39, 0.29) is 11.2 Å². The first-order chi connectivity index (χ1) is 12.1. The van der Waals surface area contributed by atoms with Crippen LogP contribution >= 0.6 is 11.3 Å². The Morgan fingerprint density at radius 2 is 2.20 bits per heavy atom. The van der Waals surface area contributed by atoms with E-state index in [4.69, 9.17) is 0 Å². The summed E-state index contributed by atoms with van der Waals surface area (Å²) in [6.45, 7) is 1.79. The second kappa shape index (κ2) is 6.02. The highest BCUT2D eigenvalue weighted by Crippen LogP contribution is 2.28. The zero-order valence-electron chi connectivity index (χ0n) is 13.0. The number of fused-ring (bicyclic) bond motifs is 1. The number of hydrogen-bond donors (Lipinski definition) is 1. The predicted molar refractivity (Wildman–Crippen MR) is 91.4 cm³/mol. The normalized spacial score (nSPS) is 11.0. The zero-order valence-corrected chi connectivity index (χ0v) is 13.8. The summed E-state index contributed by atoms with van der Waals surface area (Å²) in [5, 5.41) is 7.54. The van der Waals surface area contributed by atoms with Gasteiger partial charge in [0.05, 0.1) is 16.6 Å². The zero-order chi connectivity index (χ0) is 17.4. The summed E-state index contributed by atoms with van der Waals surface area (Å²) in [5.41, 5.74) is 1.15. The van der Waals surface area contributed by atoms with Gasteiger partial charge in [0, 0.05) is 18.5 Å². The van der Waals surface area contributed by atoms with Gasteiger partial charge in [0.1, 0.15) is 22.8 Å². The van der Waals surface area contributed by atoms with Crippen molar-refractivity contribution in [3.63, 3.8) is 0 Å². The maximum Gasteiger partial charge on any atom is 0.277 e. The number of benzene rings is 1. The number of carbonyl (C=O) groups excluding carboxylic acids is 1. The fourth-order valence-electron chi connectivity index (χ4n) is 2.32. The molecule has 0 aliphatic carbocycles. The van der Waals surface area contributed by atoms with Crippen molar-refractivity contribution in [1.82, 2.24) is 24.7 Å². The van der Waals surface area contributed by atoms with Crippen molar-refractivity contribution in [1.29, 1.82) is 0 Å². The number of thiazole rings is 1. The monoisotopic (exact) mass is 354 g/mol. The van der Waals surface area contributed by atoms with Crippen LogP contribution in [0, 0.1) is 12.7 Å². The van der Waals surface area contributed by atoms with Gasteiger partial charge >= 0.3 is 0 Å². The third-order valence-electron chi connectivity index (χ3n) is 3.41. The third-order valence-corrected chi connectivity index (χ3v) is 4.40. The minimum atomic E-state index is -0.415. The number of aryl methyl sites for hydroxylation is 1. The topological polar surface area (TPSA) is 85.6 Å². The number of anilines is 1. The van der Waals surface area contributed by atoms with E-state index in [1.807, 2.05) is 0 Å². The minimum Gasteiger partial charge on any atom is -0.305 e. The molecule has 0 unspecified atom stereocenters. The van der Waals surface area contributed by atoms with E-state index in [0.717, 1.165) is 0 Å². The van der Waals surface area contributed by atoms with E-state index in [9.17, 15) is 9.18 Å². The van der Waals surface area contributed by atoms with Crippen molar-refractivity contribution in [2.45, 2.75) is 6.92 Å². The molecular weight excluding hydrogens is 343 g/mol. The van der Waals surface area contributed by atoms with Crippen LogP contribution < -0.4 is 5.32 Å². The summed E-state index contributed by atoms with van der Waals surface area (Å²) in [7, 11) is 0. The van der Waals surface area contributed by atoms with Gasteiger partial charge in [-0.3, -0.25) is 9.78 Å². The molecule has 0 saturated carbocycles. The Morgan fingerprint density at radius 3 is 2.96 bits per heavy atom. The quantitative estimate of drug-likeness (QED) is 0.611. The Balaban J connectivity index is 1.73. The van der Waals surface area contributed by atoms with Gasteiger partial charge in [-0.25, -0.2) is 14.4 Å². The lowest BCUT2D eigenvalue weighted by Gasteiger charge is -2.05. The fraction of sp³-hybridized carbons (Fsp3) is 0.0625. The lowest BCUT2D eigenvalue weighted by Crippen LogP contribution is -2.16. The molecule has 0 spiro atoms. The third kappa shape index (κ3) is 2.85. The van der Waals surface area contributed by atoms with Crippen LogP contribution in [0.15, 0.2) is 42.9 Å². The molecule has 0 atom stereocenters. The molecule has 124 valence electrons. The second-order valence-electron chi connectivity index (χ2n) is 5.21. The molecule has 4 aromatic rings. The number of rotatable bonds is 3. The largest absolute Gasteiger partial charge is 0.305 e. The predicted octanol–water partition coefficient (Wildman–Crippen LogP) is 2.97. The van der Waals surface area contributed by atoms with Crippen LogP contribution in [-0.2, 0) is 0 Å². The average Bonchev–Trinajstić information content (AvgIpc) is 3.20. The van der Waals surface area contributed by atoms with E-state index in [1.54, 1.807) is 25.1 Å². The van der Waals surface area contributed by atoms with Crippen LogP contribution in [0.4, 0.5) is 10.2 Å². The standard InChI is InChI=1S/C16H11FN6OS/c1-9-7-13(20-15(24)11-8-18-5-6-19-11)23(22-9)16-21-14-10(17)3-2-4-12(14)25-16/h2-8H,1H3,(H,20,24). The van der Waals surface area contributed by atoms with Crippen LogP contribution in [0.25, 0.3) is 15.3 Å². The van der Waals surface area contributed by atoms with Crippen LogP contribution in [0.3, 0.4) is 0 Å². The lowest BCUT2D eigenvalue weighted by atomic mass is 10.3. The van der Waals surface area contributed by atoms with Gasteiger partial charge in [-0.2, -0.15) is 9.78 Å². The Morgan fingerprint density at radius 1 is 1.32 bits per heavy atom. The van der Waals surface area contributed by atoms with E-state index in [0.29, 0.717) is 21.3 Å². The Bertz CT molecular complexity index is 1070. The summed E-state index contributed by atoms with van der Waals surface area (Å²) in [6, 6.07) is 6.48. The highest BCUT2D eigenvalue weighted by atomic mass is 32.1. The summed E-state index contributed by atoms with van der Waals surface area (Å²) in [5.74, 6) is -0.386. The van der Waals surface area contributed by atoms with Crippen LogP contribution in [0.5, 0.6) is 0 Å². The minimum absolute atomic E-state index is 0.184. The lowest BCUT2D eigenvalue weighted by molar-refractivity contribution is 0.102. The van der Waals surface area contributed by atoms with Crippen LogP contribution in [0.2, 0.25) is 0 Å². The number of amides is 1. The first-order valence-corrected chi connectivity index (χ1v) is 8.13. The summed E-state index contributed by atoms with van der Waals surface area (Å²) in [4.78, 5) is 24.4. The van der Waals surface area contributed by atoms with Gasteiger partial charge in [0.2, 0.25) is 5.13 Å². The van der Waals surface area contributed by atoms with Crippen molar-refractivity contribution < 1.29 is 9.18 Å². The number of para-hydroxylation sites is 1. The Labute approximate surface area is 145 Å². The Kier molecular flexibility index (Phi) is 3.69. The molecule has 0 fully saturated rings. The molecule has 0 bridgehead atoms. The van der Waals surface area contributed by atoms with Gasteiger partial charge in [-0.05, 0) is 19.1 Å². The van der Waals surface area contributed by atoms with E-state index in [2.05, 4.69) is 25.4 Å². The SMILES string of the molecule is Cc1cc(NC(=O)c2cnccn2)n(-c2nc3c(F)cccc3s2)n1. The highest BCUT2D eigenvalue weighted by molar-refractivity contribution is 7.20. The molecule has 0 saturated heterocycles. The number of carbonyl (C=O) groups is 1. The molecule has 25 heavy (non-hydrogen) atoms. The van der Waals surface area contributed by atoms with E-state index in [1.165, 1.54) is 40.7 Å². The number of hydrogen-bond acceptors (Lipinski definition) is 6. The van der Waals surface area contributed by atoms with E-state index >= 15 is 0 Å². The average molecular weight is 354 g/mol. The summed E-state index contributed by atoms with van der Waals surface area (Å²) >= 11 is 1.29. The smallest absolute Gasteiger partial charge is 0.277 e. The first-order valence-electron chi connectivity index (χ1n) is 7.31. The van der Waals surface area contributed by atoms with Gasteiger partial charge in [0.15, 0.2) is 0 Å². The van der Waals surface area contributed by atoms with Crippen LogP contribution in [0.1, 0.15) is 16.2 Å². The fourth-order valence-corrected chi connectivity index (χ4v) is 3.27. The molecule has 1 amide bonds. The maximum absolute atomic E-state index is 13.9. The summed E-state index contributed by atoms with van der Waals surface area (Å²) in [6.07, 6.45) is 4.30. The molecule has 1 aromatic carbocycles. The van der Waals surface area contributed by atoms with Gasteiger partial charge in [0.25, 0.3) is 5.91 Å². The highest BCUT2D eigenvalue weighted by Gasteiger charge is 2.17. The summed E-state index contributed by atoms with van der Waals surface area (Å²) < 4.78 is 16.1. The van der Waals surface area contributed by atoms with Crippen molar-refractivity contribution in [2.24, 2.45) is 0 Å². The molecule has 0 aliphatic rings. The molecule has 3 aromatic heterocycles. The van der Waals surface area contributed by atoms with Gasteiger partial charge in [-0.1, -0.05) is 17.4 Å². The molecule has 7 nitrogen and oxygen atoms in total. The molecule has 0 aliphatic heterocycles. The van der Waals surface area contributed by atoms with Crippen molar-refractivity contribution >= 4 is 33.3 Å². The Hall–Kier alpha value is -3.20. The molecule has 0 radical (unpaired) electrons. The van der Waals surface area contributed by atoms with Crippen molar-refractivity contribution in [3.8, 4) is 5.13 Å². The number of nitrogens with one attached hydrogen (secondary N) is 1. The van der Waals surface area contributed by atoms with Gasteiger partial charge in [-0.15, -0.1) is 0 Å². The number of aromatic nitrogens is 5. The molecule has 3 heterocycles. The van der Waals surface area contributed by atoms with Crippen LogP contribution in [-0.4, -0.2) is 30.6 Å².